The number of benzene rings is 1. The maximum Gasteiger partial charge on any atom is 0.404 e. The van der Waals surface area contributed by atoms with Gasteiger partial charge in [0, 0.05) is 23.6 Å². The summed E-state index contributed by atoms with van der Waals surface area (Å²) in [4.78, 5) is 13.5. The van der Waals surface area contributed by atoms with E-state index in [-0.39, 0.29) is 6.61 Å². The summed E-state index contributed by atoms with van der Waals surface area (Å²) in [6.07, 6.45) is 1.48. The van der Waals surface area contributed by atoms with E-state index in [9.17, 15) is 4.79 Å². The normalized spacial score (nSPS) is 10.6. The van der Waals surface area contributed by atoms with E-state index in [4.69, 9.17) is 10.2 Å². The molecule has 0 unspecified atom stereocenters. The minimum atomic E-state index is -1.01. The first-order valence-corrected chi connectivity index (χ1v) is 5.37. The molecule has 5 heteroatoms. The molecule has 0 aliphatic rings. The van der Waals surface area contributed by atoms with Gasteiger partial charge >= 0.3 is 6.09 Å². The Morgan fingerprint density at radius 1 is 1.41 bits per heavy atom. The van der Waals surface area contributed by atoms with Crippen molar-refractivity contribution in [3.05, 3.63) is 35.5 Å². The van der Waals surface area contributed by atoms with Crippen LogP contribution in [-0.2, 0) is 13.0 Å². The van der Waals surface area contributed by atoms with Crippen LogP contribution < -0.4 is 5.32 Å². The van der Waals surface area contributed by atoms with Crippen LogP contribution in [-0.4, -0.2) is 27.8 Å². The van der Waals surface area contributed by atoms with E-state index >= 15 is 0 Å². The number of hydrogen-bond acceptors (Lipinski definition) is 2. The van der Waals surface area contributed by atoms with Crippen LogP contribution in [0.4, 0.5) is 4.79 Å². The Labute approximate surface area is 98.1 Å². The number of hydrogen-bond donors (Lipinski definition) is 4. The van der Waals surface area contributed by atoms with Crippen molar-refractivity contribution >= 4 is 17.0 Å². The molecule has 0 spiro atoms. The van der Waals surface area contributed by atoms with E-state index in [0.717, 1.165) is 22.0 Å². The summed E-state index contributed by atoms with van der Waals surface area (Å²) in [5.41, 5.74) is 2.89. The first kappa shape index (κ1) is 11.5. The van der Waals surface area contributed by atoms with E-state index in [1.807, 2.05) is 24.4 Å². The van der Waals surface area contributed by atoms with Crippen molar-refractivity contribution in [1.29, 1.82) is 0 Å². The predicted molar refractivity (Wildman–Crippen MR) is 64.0 cm³/mol. The molecule has 90 valence electrons. The summed E-state index contributed by atoms with van der Waals surface area (Å²) in [6, 6.07) is 5.69. The fourth-order valence-corrected chi connectivity index (χ4v) is 1.83. The molecule has 0 saturated heterocycles. The molecule has 2 rings (SSSR count). The van der Waals surface area contributed by atoms with Gasteiger partial charge in [0.25, 0.3) is 0 Å². The van der Waals surface area contributed by atoms with Crippen LogP contribution in [0.5, 0.6) is 0 Å². The lowest BCUT2D eigenvalue weighted by molar-refractivity contribution is 0.194. The number of aromatic amines is 1. The average molecular weight is 234 g/mol. The molecular weight excluding hydrogens is 220 g/mol. The lowest BCUT2D eigenvalue weighted by Crippen LogP contribution is -2.23. The fraction of sp³-hybridized carbons (Fsp3) is 0.250. The highest BCUT2D eigenvalue weighted by Gasteiger charge is 2.05. The molecule has 17 heavy (non-hydrogen) atoms. The van der Waals surface area contributed by atoms with E-state index in [1.165, 1.54) is 0 Å². The molecule has 2 aromatic rings. The molecule has 0 aliphatic heterocycles. The number of amides is 1. The molecule has 0 atom stereocenters. The number of H-pyrrole nitrogens is 1. The van der Waals surface area contributed by atoms with E-state index in [2.05, 4.69) is 10.3 Å². The topological polar surface area (TPSA) is 85.4 Å². The van der Waals surface area contributed by atoms with Crippen LogP contribution in [0.2, 0.25) is 0 Å². The number of carbonyl (C=O) groups is 1. The number of rotatable bonds is 4. The summed E-state index contributed by atoms with van der Waals surface area (Å²) in [6.45, 7) is 0.388. The van der Waals surface area contributed by atoms with Crippen molar-refractivity contribution in [2.75, 3.05) is 6.54 Å². The molecule has 1 heterocycles. The van der Waals surface area contributed by atoms with Crippen molar-refractivity contribution in [1.82, 2.24) is 10.3 Å². The Hall–Kier alpha value is -2.01. The van der Waals surface area contributed by atoms with Gasteiger partial charge < -0.3 is 20.5 Å². The van der Waals surface area contributed by atoms with Crippen LogP contribution in [0.15, 0.2) is 24.4 Å². The Bertz CT molecular complexity index is 534. The van der Waals surface area contributed by atoms with Crippen LogP contribution in [0.1, 0.15) is 11.1 Å². The molecule has 1 aromatic carbocycles. The second-order valence-electron chi connectivity index (χ2n) is 3.83. The highest BCUT2D eigenvalue weighted by atomic mass is 16.4. The van der Waals surface area contributed by atoms with Gasteiger partial charge in [0.15, 0.2) is 0 Å². The highest BCUT2D eigenvalue weighted by Crippen LogP contribution is 2.20. The van der Waals surface area contributed by atoms with Crippen LogP contribution in [0.25, 0.3) is 10.9 Å². The van der Waals surface area contributed by atoms with Gasteiger partial charge in [0.1, 0.15) is 0 Å². The summed E-state index contributed by atoms with van der Waals surface area (Å²) < 4.78 is 0. The first-order valence-electron chi connectivity index (χ1n) is 5.37. The smallest absolute Gasteiger partial charge is 0.404 e. The minimum Gasteiger partial charge on any atom is -0.465 e. The standard InChI is InChI=1S/C12H14N2O3/c15-7-8-1-2-11-10(5-8)9(6-14-11)3-4-13-12(16)17/h1-2,5-6,13-15H,3-4,7H2,(H,16,17). The molecule has 0 fully saturated rings. The zero-order valence-corrected chi connectivity index (χ0v) is 9.23. The maximum absolute atomic E-state index is 10.3. The largest absolute Gasteiger partial charge is 0.465 e. The Kier molecular flexibility index (Phi) is 3.30. The lowest BCUT2D eigenvalue weighted by atomic mass is 10.1. The number of fused-ring (bicyclic) bond motifs is 1. The molecule has 0 bridgehead atoms. The third-order valence-corrected chi connectivity index (χ3v) is 2.68. The first-order chi connectivity index (χ1) is 8.20. The number of aliphatic hydroxyl groups excluding tert-OH is 1. The number of aliphatic hydroxyl groups is 1. The molecule has 0 aliphatic carbocycles. The van der Waals surface area contributed by atoms with Gasteiger partial charge in [0.05, 0.1) is 6.61 Å². The lowest BCUT2D eigenvalue weighted by Gasteiger charge is -2.01. The predicted octanol–water partition coefficient (Wildman–Crippen LogP) is 1.47. The van der Waals surface area contributed by atoms with Crippen molar-refractivity contribution in [2.45, 2.75) is 13.0 Å². The molecule has 1 amide bonds. The third-order valence-electron chi connectivity index (χ3n) is 2.68. The van der Waals surface area contributed by atoms with Crippen LogP contribution in [0.3, 0.4) is 0 Å². The summed E-state index contributed by atoms with van der Waals surface area (Å²) in [5, 5.41) is 20.9. The Morgan fingerprint density at radius 3 is 2.94 bits per heavy atom. The van der Waals surface area contributed by atoms with Crippen LogP contribution >= 0.6 is 0 Å². The van der Waals surface area contributed by atoms with Crippen molar-refractivity contribution in [2.24, 2.45) is 0 Å². The molecule has 5 nitrogen and oxygen atoms in total. The second kappa shape index (κ2) is 4.88. The van der Waals surface area contributed by atoms with Gasteiger partial charge in [-0.15, -0.1) is 0 Å². The Balaban J connectivity index is 2.19. The van der Waals surface area contributed by atoms with Gasteiger partial charge in [-0.25, -0.2) is 4.79 Å². The molecule has 0 saturated carbocycles. The Morgan fingerprint density at radius 2 is 2.24 bits per heavy atom. The quantitative estimate of drug-likeness (QED) is 0.646. The van der Waals surface area contributed by atoms with Gasteiger partial charge in [-0.2, -0.15) is 0 Å². The maximum atomic E-state index is 10.3. The van der Waals surface area contributed by atoms with Crippen molar-refractivity contribution in [3.63, 3.8) is 0 Å². The number of carboxylic acid groups (broad SMARTS) is 1. The number of nitrogens with one attached hydrogen (secondary N) is 2. The van der Waals surface area contributed by atoms with E-state index in [0.29, 0.717) is 13.0 Å². The van der Waals surface area contributed by atoms with Crippen molar-refractivity contribution in [3.8, 4) is 0 Å². The highest BCUT2D eigenvalue weighted by molar-refractivity contribution is 5.84. The SMILES string of the molecule is O=C(O)NCCc1c[nH]c2ccc(CO)cc12. The van der Waals surface area contributed by atoms with Gasteiger partial charge in [-0.3, -0.25) is 0 Å². The fourth-order valence-electron chi connectivity index (χ4n) is 1.83. The van der Waals surface area contributed by atoms with Gasteiger partial charge in [-0.1, -0.05) is 6.07 Å². The van der Waals surface area contributed by atoms with Gasteiger partial charge in [-0.05, 0) is 29.7 Å². The summed E-state index contributed by atoms with van der Waals surface area (Å²) in [7, 11) is 0. The van der Waals surface area contributed by atoms with E-state index < -0.39 is 6.09 Å². The zero-order valence-electron chi connectivity index (χ0n) is 9.23. The van der Waals surface area contributed by atoms with Gasteiger partial charge in [0.2, 0.25) is 0 Å². The van der Waals surface area contributed by atoms with Crippen LogP contribution in [0, 0.1) is 0 Å². The third kappa shape index (κ3) is 2.57. The average Bonchev–Trinajstić information content (AvgIpc) is 2.71. The summed E-state index contributed by atoms with van der Waals surface area (Å²) in [5.74, 6) is 0. The molecule has 1 aromatic heterocycles. The zero-order chi connectivity index (χ0) is 12.3. The number of aromatic nitrogens is 1. The van der Waals surface area contributed by atoms with Crippen molar-refractivity contribution < 1.29 is 15.0 Å². The second-order valence-corrected chi connectivity index (χ2v) is 3.83. The molecular formula is C12H14N2O3. The molecule has 4 N–H and O–H groups in total. The monoisotopic (exact) mass is 234 g/mol. The summed E-state index contributed by atoms with van der Waals surface area (Å²) >= 11 is 0. The minimum absolute atomic E-state index is 0.00787. The molecule has 0 radical (unpaired) electrons. The van der Waals surface area contributed by atoms with E-state index in [1.54, 1.807) is 0 Å².